The Hall–Kier alpha value is -3.32. The number of para-hydroxylation sites is 1. The molecule has 7 heteroatoms. The van der Waals surface area contributed by atoms with Crippen molar-refractivity contribution in [3.63, 3.8) is 0 Å². The number of ether oxygens (including phenoxy) is 3. The smallest absolute Gasteiger partial charge is 0.333 e. The Morgan fingerprint density at radius 3 is 2.65 bits per heavy atom. The van der Waals surface area contributed by atoms with E-state index in [-0.39, 0.29) is 6.61 Å². The van der Waals surface area contributed by atoms with Gasteiger partial charge in [-0.25, -0.2) is 9.78 Å². The molecular formula is C24H27NO6. The molecule has 0 spiro atoms. The molecule has 1 aromatic heterocycles. The van der Waals surface area contributed by atoms with E-state index in [1.807, 2.05) is 56.3 Å². The van der Waals surface area contributed by atoms with Gasteiger partial charge in [0.1, 0.15) is 29.6 Å². The molecular weight excluding hydrogens is 398 g/mol. The highest BCUT2D eigenvalue weighted by atomic mass is 16.5. The fourth-order valence-electron chi connectivity index (χ4n) is 3.26. The summed E-state index contributed by atoms with van der Waals surface area (Å²) < 4.78 is 22.4. The van der Waals surface area contributed by atoms with Crippen LogP contribution in [0.4, 0.5) is 0 Å². The topological polar surface area (TPSA) is 91.0 Å². The highest BCUT2D eigenvalue weighted by Crippen LogP contribution is 2.30. The van der Waals surface area contributed by atoms with Crippen LogP contribution >= 0.6 is 0 Å². The van der Waals surface area contributed by atoms with Gasteiger partial charge in [0.2, 0.25) is 5.89 Å². The Morgan fingerprint density at radius 2 is 1.97 bits per heavy atom. The second kappa shape index (κ2) is 10.1. The van der Waals surface area contributed by atoms with Crippen molar-refractivity contribution in [3.05, 3.63) is 65.0 Å². The van der Waals surface area contributed by atoms with Gasteiger partial charge in [-0.3, -0.25) is 0 Å². The van der Waals surface area contributed by atoms with Gasteiger partial charge in [0.05, 0.1) is 12.7 Å². The van der Waals surface area contributed by atoms with Crippen LogP contribution in [0.25, 0.3) is 11.5 Å². The van der Waals surface area contributed by atoms with Crippen LogP contribution in [0.2, 0.25) is 0 Å². The van der Waals surface area contributed by atoms with Crippen molar-refractivity contribution in [2.45, 2.75) is 39.9 Å². The second-order valence-electron chi connectivity index (χ2n) is 7.09. The number of rotatable bonds is 10. The van der Waals surface area contributed by atoms with Crippen LogP contribution in [-0.2, 0) is 22.6 Å². The molecule has 0 aliphatic heterocycles. The van der Waals surface area contributed by atoms with Crippen LogP contribution < -0.4 is 9.47 Å². The minimum Gasteiger partial charge on any atom is -0.496 e. The molecule has 1 unspecified atom stereocenters. The number of aromatic nitrogens is 1. The summed E-state index contributed by atoms with van der Waals surface area (Å²) in [6, 6.07) is 13.1. The third kappa shape index (κ3) is 5.44. The first kappa shape index (κ1) is 22.4. The molecule has 0 bridgehead atoms. The van der Waals surface area contributed by atoms with Crippen LogP contribution in [0.5, 0.6) is 11.5 Å². The fourth-order valence-corrected chi connectivity index (χ4v) is 3.26. The number of carboxylic acids is 1. The Morgan fingerprint density at radius 1 is 1.19 bits per heavy atom. The summed E-state index contributed by atoms with van der Waals surface area (Å²) in [5, 5.41) is 9.29. The van der Waals surface area contributed by atoms with Crippen molar-refractivity contribution in [2.75, 3.05) is 13.7 Å². The maximum Gasteiger partial charge on any atom is 0.333 e. The highest BCUT2D eigenvalue weighted by molar-refractivity contribution is 5.72. The van der Waals surface area contributed by atoms with Gasteiger partial charge in [-0.15, -0.1) is 0 Å². The SMILES string of the molecule is CCOC(Cc1ccc(OCc2nc(-c3ccccc3OC)oc2C)cc1C)C(=O)O. The normalized spacial score (nSPS) is 11.9. The van der Waals surface area contributed by atoms with Crippen molar-refractivity contribution < 1.29 is 28.5 Å². The molecule has 2 aromatic carbocycles. The summed E-state index contributed by atoms with van der Waals surface area (Å²) in [5.74, 6) is 1.56. The number of nitrogens with zero attached hydrogens (tertiary/aromatic N) is 1. The number of hydrogen-bond acceptors (Lipinski definition) is 6. The molecule has 3 aromatic rings. The molecule has 0 saturated carbocycles. The fraction of sp³-hybridized carbons (Fsp3) is 0.333. The lowest BCUT2D eigenvalue weighted by Gasteiger charge is -2.15. The quantitative estimate of drug-likeness (QED) is 0.508. The van der Waals surface area contributed by atoms with E-state index >= 15 is 0 Å². The number of carbonyl (C=O) groups is 1. The second-order valence-corrected chi connectivity index (χ2v) is 7.09. The summed E-state index contributed by atoms with van der Waals surface area (Å²) in [7, 11) is 1.61. The molecule has 0 aliphatic carbocycles. The number of carboxylic acid groups (broad SMARTS) is 1. The highest BCUT2D eigenvalue weighted by Gasteiger charge is 2.19. The average Bonchev–Trinajstić information content (AvgIpc) is 3.13. The van der Waals surface area contributed by atoms with Gasteiger partial charge in [0.25, 0.3) is 0 Å². The van der Waals surface area contributed by atoms with Crippen LogP contribution in [0.1, 0.15) is 29.5 Å². The number of hydrogen-bond donors (Lipinski definition) is 1. The molecule has 1 atom stereocenters. The Bertz CT molecular complexity index is 1040. The molecule has 0 saturated heterocycles. The third-order valence-electron chi connectivity index (χ3n) is 4.97. The number of aryl methyl sites for hydroxylation is 2. The molecule has 3 rings (SSSR count). The third-order valence-corrected chi connectivity index (χ3v) is 4.97. The number of oxazole rings is 1. The molecule has 164 valence electrons. The van der Waals surface area contributed by atoms with Gasteiger partial charge in [-0.2, -0.15) is 0 Å². The van der Waals surface area contributed by atoms with E-state index in [1.165, 1.54) is 0 Å². The van der Waals surface area contributed by atoms with Gasteiger partial charge in [0, 0.05) is 13.0 Å². The van der Waals surface area contributed by atoms with E-state index in [4.69, 9.17) is 18.6 Å². The minimum absolute atomic E-state index is 0.250. The summed E-state index contributed by atoms with van der Waals surface area (Å²) in [5.41, 5.74) is 3.33. The summed E-state index contributed by atoms with van der Waals surface area (Å²) in [4.78, 5) is 15.9. The van der Waals surface area contributed by atoms with Crippen LogP contribution in [0, 0.1) is 13.8 Å². The molecule has 0 aliphatic rings. The van der Waals surface area contributed by atoms with Gasteiger partial charge >= 0.3 is 5.97 Å². The predicted octanol–water partition coefficient (Wildman–Crippen LogP) is 4.58. The number of methoxy groups -OCH3 is 1. The van der Waals surface area contributed by atoms with E-state index in [2.05, 4.69) is 4.98 Å². The number of benzene rings is 2. The Kier molecular flexibility index (Phi) is 7.31. The van der Waals surface area contributed by atoms with Crippen LogP contribution in [0.3, 0.4) is 0 Å². The van der Waals surface area contributed by atoms with Crippen molar-refractivity contribution in [1.29, 1.82) is 0 Å². The average molecular weight is 425 g/mol. The Balaban J connectivity index is 1.70. The number of aliphatic carboxylic acids is 1. The first-order chi connectivity index (χ1) is 14.9. The Labute approximate surface area is 181 Å². The van der Waals surface area contributed by atoms with E-state index in [0.717, 1.165) is 16.7 Å². The maximum atomic E-state index is 11.3. The molecule has 0 fully saturated rings. The lowest BCUT2D eigenvalue weighted by molar-refractivity contribution is -0.149. The van der Waals surface area contributed by atoms with E-state index < -0.39 is 12.1 Å². The van der Waals surface area contributed by atoms with Crippen molar-refractivity contribution in [2.24, 2.45) is 0 Å². The first-order valence-electron chi connectivity index (χ1n) is 10.1. The zero-order valence-corrected chi connectivity index (χ0v) is 18.2. The van der Waals surface area contributed by atoms with Gasteiger partial charge in [0.15, 0.2) is 6.10 Å². The van der Waals surface area contributed by atoms with Crippen LogP contribution in [-0.4, -0.2) is 35.9 Å². The van der Waals surface area contributed by atoms with Crippen molar-refractivity contribution in [3.8, 4) is 23.0 Å². The van der Waals surface area contributed by atoms with Crippen molar-refractivity contribution >= 4 is 5.97 Å². The monoisotopic (exact) mass is 425 g/mol. The standard InChI is InChI=1S/C24H27NO6/c1-5-29-22(24(26)27)13-17-10-11-18(12-15(17)2)30-14-20-16(3)31-23(25-20)19-8-6-7-9-21(19)28-4/h6-12,22H,5,13-14H2,1-4H3,(H,26,27). The molecule has 0 radical (unpaired) electrons. The summed E-state index contributed by atoms with van der Waals surface area (Å²) in [6.07, 6.45) is -0.554. The van der Waals surface area contributed by atoms with Gasteiger partial charge in [-0.05, 0) is 56.2 Å². The van der Waals surface area contributed by atoms with E-state index in [9.17, 15) is 9.90 Å². The molecule has 31 heavy (non-hydrogen) atoms. The van der Waals surface area contributed by atoms with Gasteiger partial charge in [-0.1, -0.05) is 18.2 Å². The predicted molar refractivity (Wildman–Crippen MR) is 115 cm³/mol. The molecule has 1 N–H and O–H groups in total. The zero-order chi connectivity index (χ0) is 22.4. The summed E-state index contributed by atoms with van der Waals surface area (Å²) >= 11 is 0. The van der Waals surface area contributed by atoms with Crippen molar-refractivity contribution in [1.82, 2.24) is 4.98 Å². The molecule has 0 amide bonds. The minimum atomic E-state index is -0.964. The zero-order valence-electron chi connectivity index (χ0n) is 18.2. The lowest BCUT2D eigenvalue weighted by Crippen LogP contribution is -2.26. The largest absolute Gasteiger partial charge is 0.496 e. The molecule has 7 nitrogen and oxygen atoms in total. The van der Waals surface area contributed by atoms with Gasteiger partial charge < -0.3 is 23.7 Å². The van der Waals surface area contributed by atoms with E-state index in [1.54, 1.807) is 14.0 Å². The molecule has 1 heterocycles. The maximum absolute atomic E-state index is 11.3. The van der Waals surface area contributed by atoms with E-state index in [0.29, 0.717) is 41.9 Å². The lowest BCUT2D eigenvalue weighted by atomic mass is 10.0. The van der Waals surface area contributed by atoms with Crippen LogP contribution in [0.15, 0.2) is 46.9 Å². The summed E-state index contributed by atoms with van der Waals surface area (Å²) in [6.45, 7) is 6.16. The first-order valence-corrected chi connectivity index (χ1v) is 10.1.